The number of sulfonamides is 1. The average molecular weight is 445 g/mol. The number of carbonyl (C=O) groups is 1. The number of aromatic amines is 1. The van der Waals surface area contributed by atoms with Crippen LogP contribution in [0.1, 0.15) is 33.6 Å². The van der Waals surface area contributed by atoms with Gasteiger partial charge >= 0.3 is 5.69 Å². The van der Waals surface area contributed by atoms with E-state index in [4.69, 9.17) is 5.73 Å². The van der Waals surface area contributed by atoms with E-state index >= 15 is 0 Å². The van der Waals surface area contributed by atoms with Gasteiger partial charge in [-0.15, -0.1) is 0 Å². The molecule has 0 radical (unpaired) electrons. The van der Waals surface area contributed by atoms with Crippen LogP contribution >= 0.6 is 0 Å². The van der Waals surface area contributed by atoms with E-state index in [9.17, 15) is 22.8 Å². The van der Waals surface area contributed by atoms with Gasteiger partial charge in [-0.05, 0) is 20.3 Å². The van der Waals surface area contributed by atoms with Gasteiger partial charge in [-0.1, -0.05) is 13.3 Å². The van der Waals surface area contributed by atoms with Crippen molar-refractivity contribution in [3.8, 4) is 0 Å². The van der Waals surface area contributed by atoms with Crippen LogP contribution in [0.2, 0.25) is 0 Å². The fraction of sp³-hybridized carbons (Fsp3) is 0.722. The molecule has 1 aliphatic rings. The standard InChI is InChI=1S/C18H32N6O5S/c1-4-7-8-24-16(19)15(17(26)20-18(24)27)23(5-2)14(25)13-21-9-11-22(12-10-21)30(28,29)6-3/h4-13,19H2,1-3H3,(H,20,26,27). The molecule has 2 heterocycles. The summed E-state index contributed by atoms with van der Waals surface area (Å²) in [6.07, 6.45) is 1.55. The minimum atomic E-state index is -3.25. The molecule has 1 aromatic rings. The number of nitrogens with zero attached hydrogens (tertiary/aromatic N) is 4. The fourth-order valence-corrected chi connectivity index (χ4v) is 4.55. The van der Waals surface area contributed by atoms with E-state index < -0.39 is 21.3 Å². The van der Waals surface area contributed by atoms with Gasteiger partial charge in [0.25, 0.3) is 5.56 Å². The third kappa shape index (κ3) is 5.29. The lowest BCUT2D eigenvalue weighted by Gasteiger charge is -2.34. The molecule has 0 spiro atoms. The van der Waals surface area contributed by atoms with Crippen molar-refractivity contribution < 1.29 is 13.2 Å². The molecule has 1 fully saturated rings. The molecule has 0 unspecified atom stereocenters. The van der Waals surface area contributed by atoms with Gasteiger partial charge in [0.15, 0.2) is 5.69 Å². The van der Waals surface area contributed by atoms with Gasteiger partial charge in [-0.3, -0.25) is 24.0 Å². The van der Waals surface area contributed by atoms with Crippen LogP contribution in [0.5, 0.6) is 0 Å². The molecule has 0 bridgehead atoms. The van der Waals surface area contributed by atoms with Crippen molar-refractivity contribution in [1.29, 1.82) is 0 Å². The Morgan fingerprint density at radius 2 is 1.77 bits per heavy atom. The summed E-state index contributed by atoms with van der Waals surface area (Å²) in [7, 11) is -3.25. The highest BCUT2D eigenvalue weighted by atomic mass is 32.2. The van der Waals surface area contributed by atoms with Crippen molar-refractivity contribution in [2.45, 2.75) is 40.2 Å². The van der Waals surface area contributed by atoms with Crippen LogP contribution in [0.4, 0.5) is 11.5 Å². The Balaban J connectivity index is 2.18. The molecule has 0 atom stereocenters. The smallest absolute Gasteiger partial charge is 0.330 e. The molecule has 1 saturated heterocycles. The Hall–Kier alpha value is -2.18. The van der Waals surface area contributed by atoms with Gasteiger partial charge in [-0.25, -0.2) is 13.2 Å². The molecule has 0 aliphatic carbocycles. The quantitative estimate of drug-likeness (QED) is 0.510. The average Bonchev–Trinajstić information content (AvgIpc) is 2.71. The second-order valence-electron chi connectivity index (χ2n) is 7.21. The molecule has 0 saturated carbocycles. The second kappa shape index (κ2) is 10.2. The number of nitrogens with two attached hydrogens (primary N) is 1. The van der Waals surface area contributed by atoms with Crippen LogP contribution in [0, 0.1) is 0 Å². The third-order valence-electron chi connectivity index (χ3n) is 5.28. The first-order chi connectivity index (χ1) is 14.2. The molecular formula is C18H32N6O5S. The Bertz CT molecular complexity index is 962. The highest BCUT2D eigenvalue weighted by Gasteiger charge is 2.29. The highest BCUT2D eigenvalue weighted by molar-refractivity contribution is 7.89. The van der Waals surface area contributed by atoms with Crippen molar-refractivity contribution in [1.82, 2.24) is 18.8 Å². The maximum Gasteiger partial charge on any atom is 0.330 e. The number of hydrogen-bond donors (Lipinski definition) is 2. The minimum Gasteiger partial charge on any atom is -0.383 e. The molecule has 170 valence electrons. The lowest BCUT2D eigenvalue weighted by atomic mass is 10.3. The first-order valence-electron chi connectivity index (χ1n) is 10.3. The van der Waals surface area contributed by atoms with E-state index in [-0.39, 0.29) is 36.3 Å². The lowest BCUT2D eigenvalue weighted by Crippen LogP contribution is -2.52. The van der Waals surface area contributed by atoms with Crippen LogP contribution in [-0.2, 0) is 21.4 Å². The maximum absolute atomic E-state index is 12.9. The van der Waals surface area contributed by atoms with Gasteiger partial charge in [0, 0.05) is 39.3 Å². The zero-order valence-corrected chi connectivity index (χ0v) is 18.7. The number of carbonyl (C=O) groups excluding carboxylic acids is 1. The summed E-state index contributed by atoms with van der Waals surface area (Å²) in [6, 6.07) is 0. The minimum absolute atomic E-state index is 0.0220. The zero-order chi connectivity index (χ0) is 22.5. The first-order valence-corrected chi connectivity index (χ1v) is 11.9. The Labute approximate surface area is 176 Å². The molecule has 0 aromatic carbocycles. The van der Waals surface area contributed by atoms with E-state index in [1.54, 1.807) is 13.8 Å². The molecule has 2 rings (SSSR count). The van der Waals surface area contributed by atoms with E-state index in [2.05, 4.69) is 4.98 Å². The van der Waals surface area contributed by atoms with Crippen molar-refractivity contribution in [3.05, 3.63) is 20.8 Å². The lowest BCUT2D eigenvalue weighted by molar-refractivity contribution is -0.120. The summed E-state index contributed by atoms with van der Waals surface area (Å²) in [6.45, 7) is 7.38. The number of aromatic nitrogens is 2. The number of amides is 1. The second-order valence-corrected chi connectivity index (χ2v) is 9.47. The van der Waals surface area contributed by atoms with Gasteiger partial charge in [0.1, 0.15) is 5.82 Å². The van der Waals surface area contributed by atoms with Gasteiger partial charge in [0.2, 0.25) is 15.9 Å². The molecule has 30 heavy (non-hydrogen) atoms. The number of nitrogen functional groups attached to an aromatic ring is 1. The normalized spacial score (nSPS) is 16.0. The molecular weight excluding hydrogens is 412 g/mol. The summed E-state index contributed by atoms with van der Waals surface area (Å²) < 4.78 is 26.7. The van der Waals surface area contributed by atoms with Crippen LogP contribution in [0.15, 0.2) is 9.59 Å². The van der Waals surface area contributed by atoms with Crippen molar-refractivity contribution >= 4 is 27.4 Å². The maximum atomic E-state index is 12.9. The number of piperazine rings is 1. The van der Waals surface area contributed by atoms with E-state index in [0.29, 0.717) is 39.1 Å². The molecule has 1 amide bonds. The molecule has 1 aliphatic heterocycles. The Morgan fingerprint density at radius 3 is 2.30 bits per heavy atom. The van der Waals surface area contributed by atoms with Gasteiger partial charge < -0.3 is 10.6 Å². The summed E-state index contributed by atoms with van der Waals surface area (Å²) in [5.41, 5.74) is 4.81. The number of hydrogen-bond acceptors (Lipinski definition) is 7. The van der Waals surface area contributed by atoms with E-state index in [1.165, 1.54) is 13.8 Å². The zero-order valence-electron chi connectivity index (χ0n) is 17.9. The molecule has 3 N–H and O–H groups in total. The number of unbranched alkanes of at least 4 members (excludes halogenated alkanes) is 1. The summed E-state index contributed by atoms with van der Waals surface area (Å²) >= 11 is 0. The van der Waals surface area contributed by atoms with E-state index in [1.807, 2.05) is 11.8 Å². The fourth-order valence-electron chi connectivity index (χ4n) is 3.46. The molecule has 11 nitrogen and oxygen atoms in total. The molecule has 1 aromatic heterocycles. The Morgan fingerprint density at radius 1 is 1.13 bits per heavy atom. The summed E-state index contributed by atoms with van der Waals surface area (Å²) in [4.78, 5) is 42.9. The number of rotatable bonds is 9. The van der Waals surface area contributed by atoms with Crippen LogP contribution in [0.25, 0.3) is 0 Å². The van der Waals surface area contributed by atoms with Crippen LogP contribution in [0.3, 0.4) is 0 Å². The summed E-state index contributed by atoms with van der Waals surface area (Å²) in [5, 5.41) is 0. The van der Waals surface area contributed by atoms with Crippen molar-refractivity contribution in [3.63, 3.8) is 0 Å². The van der Waals surface area contributed by atoms with Crippen molar-refractivity contribution in [2.75, 3.05) is 55.7 Å². The first kappa shape index (κ1) is 24.1. The van der Waals surface area contributed by atoms with Crippen LogP contribution < -0.4 is 21.9 Å². The summed E-state index contributed by atoms with van der Waals surface area (Å²) in [5.74, 6) is -0.306. The number of H-pyrrole nitrogens is 1. The SMILES string of the molecule is CCCCn1c(N)c(N(CC)C(=O)CN2CCN(S(=O)(=O)CC)CC2)c(=O)[nH]c1=O. The predicted molar refractivity (Wildman–Crippen MR) is 116 cm³/mol. The van der Waals surface area contributed by atoms with E-state index in [0.717, 1.165) is 6.42 Å². The van der Waals surface area contributed by atoms with Gasteiger partial charge in [-0.2, -0.15) is 4.31 Å². The Kier molecular flexibility index (Phi) is 8.21. The van der Waals surface area contributed by atoms with Gasteiger partial charge in [0.05, 0.1) is 12.3 Å². The van der Waals surface area contributed by atoms with Crippen molar-refractivity contribution in [2.24, 2.45) is 0 Å². The number of nitrogens with one attached hydrogen (secondary N) is 1. The van der Waals surface area contributed by atoms with Crippen LogP contribution in [-0.4, -0.2) is 78.1 Å². The highest BCUT2D eigenvalue weighted by Crippen LogP contribution is 2.18. The third-order valence-corrected chi connectivity index (χ3v) is 7.17. The largest absolute Gasteiger partial charge is 0.383 e. The number of likely N-dealkylation sites (N-methyl/N-ethyl adjacent to an activating group) is 1. The number of anilines is 2. The monoisotopic (exact) mass is 444 g/mol. The topological polar surface area (TPSA) is 142 Å². The predicted octanol–water partition coefficient (Wildman–Crippen LogP) is -0.761. The molecule has 12 heteroatoms.